The van der Waals surface area contributed by atoms with Gasteiger partial charge in [0.2, 0.25) is 10.0 Å². The summed E-state index contributed by atoms with van der Waals surface area (Å²) in [4.78, 5) is 0.433. The Balaban J connectivity index is 2.49. The van der Waals surface area contributed by atoms with Gasteiger partial charge in [0.15, 0.2) is 0 Å². The van der Waals surface area contributed by atoms with Crippen LogP contribution in [0.4, 0.5) is 0 Å². The SMILES string of the molecule is Cc1c(C)c(C)c(S(=O)(=O)NC(CN)C2CC2)c(C)c1C. The molecule has 0 saturated heterocycles. The molecule has 0 radical (unpaired) electrons. The highest BCUT2D eigenvalue weighted by molar-refractivity contribution is 7.89. The van der Waals surface area contributed by atoms with Crippen LogP contribution in [0, 0.1) is 40.5 Å². The number of hydrogen-bond acceptors (Lipinski definition) is 3. The molecular formula is C16H26N2O2S. The largest absolute Gasteiger partial charge is 0.329 e. The van der Waals surface area contributed by atoms with Crippen LogP contribution in [0.3, 0.4) is 0 Å². The van der Waals surface area contributed by atoms with Crippen molar-refractivity contribution in [2.75, 3.05) is 6.54 Å². The van der Waals surface area contributed by atoms with Crippen molar-refractivity contribution in [3.05, 3.63) is 27.8 Å². The number of nitrogens with two attached hydrogens (primary N) is 1. The number of sulfonamides is 1. The summed E-state index contributed by atoms with van der Waals surface area (Å²) >= 11 is 0. The number of rotatable bonds is 5. The Morgan fingerprint density at radius 2 is 1.43 bits per heavy atom. The van der Waals surface area contributed by atoms with Gasteiger partial charge in [-0.05, 0) is 81.2 Å². The Labute approximate surface area is 128 Å². The molecule has 1 aromatic rings. The molecule has 0 spiro atoms. The van der Waals surface area contributed by atoms with Crippen LogP contribution in [0.1, 0.15) is 40.7 Å². The molecule has 1 aliphatic rings. The molecule has 1 aliphatic carbocycles. The molecular weight excluding hydrogens is 284 g/mol. The summed E-state index contributed by atoms with van der Waals surface area (Å²) in [5.74, 6) is 0.401. The lowest BCUT2D eigenvalue weighted by Crippen LogP contribution is -2.42. The average molecular weight is 310 g/mol. The monoisotopic (exact) mass is 310 g/mol. The second-order valence-corrected chi connectivity index (χ2v) is 7.91. The normalized spacial score (nSPS) is 17.0. The van der Waals surface area contributed by atoms with Crippen LogP contribution < -0.4 is 10.5 Å². The number of nitrogens with one attached hydrogen (secondary N) is 1. The van der Waals surface area contributed by atoms with E-state index in [9.17, 15) is 8.42 Å². The lowest BCUT2D eigenvalue weighted by molar-refractivity contribution is 0.518. The van der Waals surface area contributed by atoms with Gasteiger partial charge in [0.1, 0.15) is 0 Å². The van der Waals surface area contributed by atoms with E-state index in [1.807, 2.05) is 34.6 Å². The number of benzene rings is 1. The molecule has 1 atom stereocenters. The van der Waals surface area contributed by atoms with E-state index < -0.39 is 10.0 Å². The topological polar surface area (TPSA) is 72.2 Å². The van der Waals surface area contributed by atoms with Crippen molar-refractivity contribution in [3.8, 4) is 0 Å². The zero-order chi connectivity index (χ0) is 15.9. The van der Waals surface area contributed by atoms with Gasteiger partial charge in [0.05, 0.1) is 4.90 Å². The van der Waals surface area contributed by atoms with Gasteiger partial charge in [-0.3, -0.25) is 0 Å². The molecule has 1 fully saturated rings. The molecule has 0 heterocycles. The average Bonchev–Trinajstić information content (AvgIpc) is 3.24. The first-order chi connectivity index (χ1) is 9.70. The summed E-state index contributed by atoms with van der Waals surface area (Å²) in [6.45, 7) is 10.1. The maximum absolute atomic E-state index is 12.8. The van der Waals surface area contributed by atoms with Crippen LogP contribution in [-0.4, -0.2) is 21.0 Å². The maximum Gasteiger partial charge on any atom is 0.241 e. The first kappa shape index (κ1) is 16.5. The summed E-state index contributed by atoms with van der Waals surface area (Å²) in [7, 11) is -3.53. The molecule has 0 aliphatic heterocycles. The third-order valence-electron chi connectivity index (χ3n) is 4.95. The maximum atomic E-state index is 12.8. The van der Waals surface area contributed by atoms with E-state index in [4.69, 9.17) is 5.73 Å². The lowest BCUT2D eigenvalue weighted by Gasteiger charge is -2.22. The summed E-state index contributed by atoms with van der Waals surface area (Å²) in [5.41, 5.74) is 10.7. The summed E-state index contributed by atoms with van der Waals surface area (Å²) in [5, 5.41) is 0. The summed E-state index contributed by atoms with van der Waals surface area (Å²) in [6, 6.07) is -0.143. The van der Waals surface area contributed by atoms with Crippen molar-refractivity contribution in [2.24, 2.45) is 11.7 Å². The summed E-state index contributed by atoms with van der Waals surface area (Å²) in [6.07, 6.45) is 2.13. The van der Waals surface area contributed by atoms with Gasteiger partial charge in [0.25, 0.3) is 0 Å². The third-order valence-corrected chi connectivity index (χ3v) is 6.71. The molecule has 5 heteroatoms. The van der Waals surface area contributed by atoms with E-state index in [-0.39, 0.29) is 6.04 Å². The van der Waals surface area contributed by atoms with Gasteiger partial charge < -0.3 is 5.73 Å². The number of hydrogen-bond donors (Lipinski definition) is 2. The van der Waals surface area contributed by atoms with Crippen LogP contribution in [0.15, 0.2) is 4.90 Å². The first-order valence-corrected chi connectivity index (χ1v) is 8.98. The second-order valence-electron chi connectivity index (χ2n) is 6.26. The second kappa shape index (κ2) is 5.71. The van der Waals surface area contributed by atoms with E-state index in [2.05, 4.69) is 4.72 Å². The van der Waals surface area contributed by atoms with E-state index in [1.165, 1.54) is 5.56 Å². The van der Waals surface area contributed by atoms with E-state index >= 15 is 0 Å². The van der Waals surface area contributed by atoms with Crippen molar-refractivity contribution in [1.29, 1.82) is 0 Å². The molecule has 21 heavy (non-hydrogen) atoms. The quantitative estimate of drug-likeness (QED) is 0.876. The molecule has 0 aromatic heterocycles. The highest BCUT2D eigenvalue weighted by Crippen LogP contribution is 2.34. The van der Waals surface area contributed by atoms with Gasteiger partial charge in [-0.15, -0.1) is 0 Å². The van der Waals surface area contributed by atoms with Crippen LogP contribution in [0.25, 0.3) is 0 Å². The fourth-order valence-corrected chi connectivity index (χ4v) is 4.88. The van der Waals surface area contributed by atoms with Crippen molar-refractivity contribution in [3.63, 3.8) is 0 Å². The van der Waals surface area contributed by atoms with Gasteiger partial charge in [-0.25, -0.2) is 13.1 Å². The minimum atomic E-state index is -3.53. The molecule has 0 amide bonds. The Bertz CT molecular complexity index is 632. The minimum absolute atomic E-state index is 0.143. The van der Waals surface area contributed by atoms with Gasteiger partial charge in [-0.1, -0.05) is 0 Å². The van der Waals surface area contributed by atoms with Crippen LogP contribution in [0.2, 0.25) is 0 Å². The molecule has 2 rings (SSSR count). The fourth-order valence-electron chi connectivity index (χ4n) is 2.96. The zero-order valence-corrected chi connectivity index (χ0v) is 14.4. The van der Waals surface area contributed by atoms with Gasteiger partial charge in [-0.2, -0.15) is 0 Å². The fraction of sp³-hybridized carbons (Fsp3) is 0.625. The predicted molar refractivity (Wildman–Crippen MR) is 86.0 cm³/mol. The molecule has 1 unspecified atom stereocenters. The standard InChI is InChI=1S/C16H26N2O2S/c1-9-10(2)12(4)16(13(5)11(9)3)21(19,20)18-15(8-17)14-6-7-14/h14-15,18H,6-8,17H2,1-5H3. The predicted octanol–water partition coefficient (Wildman–Crippen LogP) is 2.24. The highest BCUT2D eigenvalue weighted by Gasteiger charge is 2.34. The highest BCUT2D eigenvalue weighted by atomic mass is 32.2. The Morgan fingerprint density at radius 1 is 1.00 bits per heavy atom. The van der Waals surface area contributed by atoms with Crippen molar-refractivity contribution >= 4 is 10.0 Å². The molecule has 0 bridgehead atoms. The van der Waals surface area contributed by atoms with Crippen LogP contribution in [-0.2, 0) is 10.0 Å². The van der Waals surface area contributed by atoms with E-state index in [1.54, 1.807) is 0 Å². The Kier molecular flexibility index (Phi) is 4.47. The smallest absolute Gasteiger partial charge is 0.241 e. The van der Waals surface area contributed by atoms with E-state index in [0.717, 1.165) is 35.1 Å². The third kappa shape index (κ3) is 3.00. The van der Waals surface area contributed by atoms with Gasteiger partial charge in [0, 0.05) is 12.6 Å². The first-order valence-electron chi connectivity index (χ1n) is 7.50. The van der Waals surface area contributed by atoms with Crippen molar-refractivity contribution < 1.29 is 8.42 Å². The summed E-state index contributed by atoms with van der Waals surface area (Å²) < 4.78 is 28.5. The van der Waals surface area contributed by atoms with Crippen molar-refractivity contribution in [1.82, 2.24) is 4.72 Å². The van der Waals surface area contributed by atoms with Crippen LogP contribution in [0.5, 0.6) is 0 Å². The van der Waals surface area contributed by atoms with Crippen LogP contribution >= 0.6 is 0 Å². The Hall–Kier alpha value is -0.910. The molecule has 118 valence electrons. The van der Waals surface area contributed by atoms with Crippen molar-refractivity contribution in [2.45, 2.75) is 58.4 Å². The Morgan fingerprint density at radius 3 is 1.81 bits per heavy atom. The molecule has 3 N–H and O–H groups in total. The van der Waals surface area contributed by atoms with E-state index in [0.29, 0.717) is 17.4 Å². The minimum Gasteiger partial charge on any atom is -0.329 e. The molecule has 1 saturated carbocycles. The molecule has 1 aromatic carbocycles. The zero-order valence-electron chi connectivity index (χ0n) is 13.6. The molecule has 4 nitrogen and oxygen atoms in total. The van der Waals surface area contributed by atoms with Gasteiger partial charge >= 0.3 is 0 Å². The lowest BCUT2D eigenvalue weighted by atomic mass is 9.95.